The Morgan fingerprint density at radius 3 is 2.79 bits per heavy atom. The van der Waals surface area contributed by atoms with Crippen molar-refractivity contribution in [1.29, 1.82) is 0 Å². The molecule has 24 heavy (non-hydrogen) atoms. The smallest absolute Gasteiger partial charge is 0.246 e. The third-order valence-electron chi connectivity index (χ3n) is 3.93. The van der Waals surface area contributed by atoms with Crippen LogP contribution in [0.15, 0.2) is 48.7 Å². The van der Waals surface area contributed by atoms with Gasteiger partial charge in [-0.1, -0.05) is 18.2 Å². The van der Waals surface area contributed by atoms with Gasteiger partial charge < -0.3 is 10.6 Å². The molecule has 4 nitrogen and oxygen atoms in total. The molecule has 0 aliphatic rings. The summed E-state index contributed by atoms with van der Waals surface area (Å²) in [7, 11) is 1.82. The Morgan fingerprint density at radius 2 is 2.08 bits per heavy atom. The van der Waals surface area contributed by atoms with E-state index < -0.39 is 0 Å². The summed E-state index contributed by atoms with van der Waals surface area (Å²) in [5.74, 6) is 0.430. The molecule has 0 unspecified atom stereocenters. The van der Waals surface area contributed by atoms with Crippen LogP contribution in [0.25, 0.3) is 16.2 Å². The Bertz CT molecular complexity index is 897. The highest BCUT2D eigenvalue weighted by molar-refractivity contribution is 7.19. The molecule has 0 aliphatic carbocycles. The Labute approximate surface area is 145 Å². The lowest BCUT2D eigenvalue weighted by atomic mass is 10.1. The number of aryl methyl sites for hydroxylation is 1. The number of rotatable bonds is 4. The minimum Gasteiger partial charge on any atom is -0.384 e. The fraction of sp³-hybridized carbons (Fsp3) is 0.158. The van der Waals surface area contributed by atoms with Gasteiger partial charge in [0, 0.05) is 28.9 Å². The first-order valence-corrected chi connectivity index (χ1v) is 8.48. The molecule has 2 N–H and O–H groups in total. The summed E-state index contributed by atoms with van der Waals surface area (Å²) in [6, 6.07) is 11.9. The zero-order valence-corrected chi connectivity index (χ0v) is 14.5. The SMILES string of the molecule is Cc1c(CN(C)C(=O)C=Cc2ccc(N)nc2)sc2ccccc12. The largest absolute Gasteiger partial charge is 0.384 e. The number of anilines is 1. The number of pyridine rings is 1. The normalized spacial score (nSPS) is 11.2. The predicted molar refractivity (Wildman–Crippen MR) is 101 cm³/mol. The van der Waals surface area contributed by atoms with Crippen molar-refractivity contribution in [3.8, 4) is 0 Å². The number of nitrogens with zero attached hydrogens (tertiary/aromatic N) is 2. The molecule has 5 heteroatoms. The number of hydrogen-bond donors (Lipinski definition) is 1. The van der Waals surface area contributed by atoms with Crippen LogP contribution in [0.1, 0.15) is 16.0 Å². The number of carbonyl (C=O) groups excluding carboxylic acids is 1. The zero-order valence-electron chi connectivity index (χ0n) is 13.7. The summed E-state index contributed by atoms with van der Waals surface area (Å²) in [6.07, 6.45) is 4.97. The number of thiophene rings is 1. The summed E-state index contributed by atoms with van der Waals surface area (Å²) >= 11 is 1.74. The molecule has 0 saturated heterocycles. The number of hydrogen-bond acceptors (Lipinski definition) is 4. The molecule has 3 rings (SSSR count). The molecular formula is C19H19N3OS. The van der Waals surface area contributed by atoms with Crippen LogP contribution in [0.3, 0.4) is 0 Å². The van der Waals surface area contributed by atoms with E-state index in [0.29, 0.717) is 12.4 Å². The molecule has 0 aliphatic heterocycles. The van der Waals surface area contributed by atoms with Crippen molar-refractivity contribution in [2.45, 2.75) is 13.5 Å². The Balaban J connectivity index is 1.71. The van der Waals surface area contributed by atoms with Crippen molar-refractivity contribution in [3.63, 3.8) is 0 Å². The van der Waals surface area contributed by atoms with E-state index in [9.17, 15) is 4.79 Å². The van der Waals surface area contributed by atoms with Gasteiger partial charge in [0.1, 0.15) is 5.82 Å². The number of amides is 1. The summed E-state index contributed by atoms with van der Waals surface area (Å²) < 4.78 is 1.26. The minimum atomic E-state index is -0.0383. The molecular weight excluding hydrogens is 318 g/mol. The topological polar surface area (TPSA) is 59.2 Å². The van der Waals surface area contributed by atoms with Crippen LogP contribution in [0.4, 0.5) is 5.82 Å². The first kappa shape index (κ1) is 16.2. The first-order chi connectivity index (χ1) is 11.5. The Kier molecular flexibility index (Phi) is 4.62. The fourth-order valence-corrected chi connectivity index (χ4v) is 3.74. The van der Waals surface area contributed by atoms with Crippen molar-refractivity contribution < 1.29 is 4.79 Å². The van der Waals surface area contributed by atoms with E-state index in [-0.39, 0.29) is 5.91 Å². The number of nitrogens with two attached hydrogens (primary N) is 1. The van der Waals surface area contributed by atoms with Gasteiger partial charge in [-0.15, -0.1) is 11.3 Å². The number of nitrogen functional groups attached to an aromatic ring is 1. The molecule has 0 radical (unpaired) electrons. The molecule has 2 heterocycles. The van der Waals surface area contributed by atoms with Gasteiger partial charge in [-0.2, -0.15) is 0 Å². The van der Waals surface area contributed by atoms with Gasteiger partial charge in [-0.25, -0.2) is 4.98 Å². The van der Waals surface area contributed by atoms with Crippen LogP contribution < -0.4 is 5.73 Å². The summed E-state index contributed by atoms with van der Waals surface area (Å²) in [5, 5.41) is 1.27. The van der Waals surface area contributed by atoms with Crippen LogP contribution in [-0.4, -0.2) is 22.8 Å². The van der Waals surface area contributed by atoms with E-state index in [0.717, 1.165) is 5.56 Å². The van der Waals surface area contributed by atoms with E-state index in [1.807, 2.05) is 25.2 Å². The van der Waals surface area contributed by atoms with Crippen LogP contribution in [0.2, 0.25) is 0 Å². The zero-order chi connectivity index (χ0) is 17.1. The maximum atomic E-state index is 12.3. The van der Waals surface area contributed by atoms with Gasteiger partial charge in [0.15, 0.2) is 0 Å². The van der Waals surface area contributed by atoms with E-state index >= 15 is 0 Å². The van der Waals surface area contributed by atoms with Crippen LogP contribution in [0, 0.1) is 6.92 Å². The third-order valence-corrected chi connectivity index (χ3v) is 5.18. The van der Waals surface area contributed by atoms with Gasteiger partial charge >= 0.3 is 0 Å². The van der Waals surface area contributed by atoms with Crippen LogP contribution in [0.5, 0.6) is 0 Å². The maximum absolute atomic E-state index is 12.3. The molecule has 3 aromatic rings. The lowest BCUT2D eigenvalue weighted by Gasteiger charge is -2.14. The van der Waals surface area contributed by atoms with Gasteiger partial charge in [0.05, 0.1) is 6.54 Å². The number of fused-ring (bicyclic) bond motifs is 1. The summed E-state index contributed by atoms with van der Waals surface area (Å²) in [6.45, 7) is 2.72. The van der Waals surface area contributed by atoms with Crippen LogP contribution in [-0.2, 0) is 11.3 Å². The molecule has 0 saturated carbocycles. The molecule has 0 spiro atoms. The number of aromatic nitrogens is 1. The minimum absolute atomic E-state index is 0.0383. The predicted octanol–water partition coefficient (Wildman–Crippen LogP) is 3.86. The van der Waals surface area contributed by atoms with Crippen molar-refractivity contribution in [2.75, 3.05) is 12.8 Å². The maximum Gasteiger partial charge on any atom is 0.246 e. The fourth-order valence-electron chi connectivity index (χ4n) is 2.48. The molecule has 122 valence electrons. The highest BCUT2D eigenvalue weighted by Gasteiger charge is 2.12. The first-order valence-electron chi connectivity index (χ1n) is 7.66. The highest BCUT2D eigenvalue weighted by Crippen LogP contribution is 2.31. The van der Waals surface area contributed by atoms with E-state index in [1.54, 1.807) is 40.7 Å². The second kappa shape index (κ2) is 6.84. The van der Waals surface area contributed by atoms with E-state index in [4.69, 9.17) is 5.73 Å². The number of likely N-dealkylation sites (N-methyl/N-ethyl adjacent to an activating group) is 1. The Hall–Kier alpha value is -2.66. The van der Waals surface area contributed by atoms with Crippen molar-refractivity contribution in [3.05, 3.63) is 64.7 Å². The molecule has 1 aromatic carbocycles. The van der Waals surface area contributed by atoms with Gasteiger partial charge in [0.2, 0.25) is 5.91 Å². The average molecular weight is 337 g/mol. The lowest BCUT2D eigenvalue weighted by molar-refractivity contribution is -0.125. The second-order valence-electron chi connectivity index (χ2n) is 5.69. The summed E-state index contributed by atoms with van der Waals surface area (Å²) in [5.41, 5.74) is 7.66. The second-order valence-corrected chi connectivity index (χ2v) is 6.83. The highest BCUT2D eigenvalue weighted by atomic mass is 32.1. The third kappa shape index (κ3) is 3.46. The molecule has 2 aromatic heterocycles. The Morgan fingerprint density at radius 1 is 1.29 bits per heavy atom. The van der Waals surface area contributed by atoms with E-state index in [1.165, 1.54) is 20.5 Å². The van der Waals surface area contributed by atoms with Crippen molar-refractivity contribution >= 4 is 39.2 Å². The average Bonchev–Trinajstić information content (AvgIpc) is 2.90. The summed E-state index contributed by atoms with van der Waals surface area (Å²) in [4.78, 5) is 19.3. The standard InChI is InChI=1S/C19H19N3OS/c1-13-15-5-3-4-6-16(15)24-17(13)12-22(2)19(23)10-8-14-7-9-18(20)21-11-14/h3-11H,12H2,1-2H3,(H2,20,21). The van der Waals surface area contributed by atoms with Gasteiger partial charge in [-0.3, -0.25) is 4.79 Å². The number of carbonyl (C=O) groups is 1. The monoisotopic (exact) mass is 337 g/mol. The van der Waals surface area contributed by atoms with Crippen molar-refractivity contribution in [2.24, 2.45) is 0 Å². The quantitative estimate of drug-likeness (QED) is 0.736. The lowest BCUT2D eigenvalue weighted by Crippen LogP contribution is -2.23. The van der Waals surface area contributed by atoms with Gasteiger partial charge in [-0.05, 0) is 47.7 Å². The molecule has 0 bridgehead atoms. The molecule has 0 atom stereocenters. The molecule has 1 amide bonds. The van der Waals surface area contributed by atoms with Crippen LogP contribution >= 0.6 is 11.3 Å². The van der Waals surface area contributed by atoms with Gasteiger partial charge in [0.25, 0.3) is 0 Å². The number of benzene rings is 1. The molecule has 0 fully saturated rings. The van der Waals surface area contributed by atoms with Crippen molar-refractivity contribution in [1.82, 2.24) is 9.88 Å². The van der Waals surface area contributed by atoms with E-state index in [2.05, 4.69) is 24.0 Å².